The smallest absolute Gasteiger partial charge is 0.410 e. The molecule has 0 radical (unpaired) electrons. The number of anilines is 1. The van der Waals surface area contributed by atoms with Crippen LogP contribution in [0.5, 0.6) is 0 Å². The highest BCUT2D eigenvalue weighted by atomic mass is 35.5. The predicted octanol–water partition coefficient (Wildman–Crippen LogP) is 4.42. The summed E-state index contributed by atoms with van der Waals surface area (Å²) in [7, 11) is 1.59. The van der Waals surface area contributed by atoms with Crippen molar-refractivity contribution in [2.24, 2.45) is 0 Å². The molecule has 0 spiro atoms. The second kappa shape index (κ2) is 10.3. The lowest BCUT2D eigenvalue weighted by molar-refractivity contribution is -0.116. The van der Waals surface area contributed by atoms with Gasteiger partial charge in [0, 0.05) is 32.4 Å². The molecular weight excluding hydrogens is 444 g/mol. The van der Waals surface area contributed by atoms with Gasteiger partial charge in [0.05, 0.1) is 17.3 Å². The number of amides is 3. The Labute approximate surface area is 199 Å². The highest BCUT2D eigenvalue weighted by Gasteiger charge is 2.29. The molecule has 2 heterocycles. The molecule has 0 unspecified atom stereocenters. The molecule has 1 fully saturated rings. The number of aromatic nitrogens is 1. The van der Waals surface area contributed by atoms with E-state index in [0.717, 1.165) is 0 Å². The number of nitrogens with one attached hydrogen (secondary N) is 1. The standard InChI is InChI=1S/C24H31ClN4O4/c1-24(2,3)33-23(32)28-14-11-17(12-15-28)29-13-7-10-20(29)22(31)27(4)16-21(30)26-19-9-6-5-8-18(19)25/h5-10,13,17H,11-12,14-16H2,1-4H3,(H,26,30). The van der Waals surface area contributed by atoms with Gasteiger partial charge in [-0.25, -0.2) is 4.79 Å². The van der Waals surface area contributed by atoms with Crippen LogP contribution in [-0.4, -0.2) is 64.6 Å². The van der Waals surface area contributed by atoms with Gasteiger partial charge in [-0.05, 0) is 57.9 Å². The van der Waals surface area contributed by atoms with E-state index < -0.39 is 5.60 Å². The van der Waals surface area contributed by atoms with Crippen molar-refractivity contribution < 1.29 is 19.1 Å². The van der Waals surface area contributed by atoms with Gasteiger partial charge in [0.25, 0.3) is 5.91 Å². The lowest BCUT2D eigenvalue weighted by atomic mass is 10.0. The van der Waals surface area contributed by atoms with Crippen molar-refractivity contribution in [3.63, 3.8) is 0 Å². The lowest BCUT2D eigenvalue weighted by Gasteiger charge is -2.34. The Hall–Kier alpha value is -3.00. The van der Waals surface area contributed by atoms with Crippen molar-refractivity contribution in [2.45, 2.75) is 45.3 Å². The van der Waals surface area contributed by atoms with Crippen molar-refractivity contribution in [1.82, 2.24) is 14.4 Å². The van der Waals surface area contributed by atoms with Gasteiger partial charge in [0.2, 0.25) is 5.91 Å². The van der Waals surface area contributed by atoms with Crippen LogP contribution < -0.4 is 5.32 Å². The van der Waals surface area contributed by atoms with Crippen LogP contribution >= 0.6 is 11.6 Å². The van der Waals surface area contributed by atoms with Crippen LogP contribution in [0, 0.1) is 0 Å². The van der Waals surface area contributed by atoms with Crippen molar-refractivity contribution in [3.8, 4) is 0 Å². The first-order valence-corrected chi connectivity index (χ1v) is 11.4. The molecule has 1 aromatic carbocycles. The Bertz CT molecular complexity index is 1010. The summed E-state index contributed by atoms with van der Waals surface area (Å²) < 4.78 is 7.40. The Balaban J connectivity index is 1.58. The first-order valence-electron chi connectivity index (χ1n) is 11.0. The maximum absolute atomic E-state index is 13.1. The molecule has 8 nitrogen and oxygen atoms in total. The third-order valence-electron chi connectivity index (χ3n) is 5.38. The molecule has 3 rings (SSSR count). The molecule has 1 saturated heterocycles. The van der Waals surface area contributed by atoms with E-state index in [9.17, 15) is 14.4 Å². The largest absolute Gasteiger partial charge is 0.444 e. The van der Waals surface area contributed by atoms with E-state index >= 15 is 0 Å². The number of para-hydroxylation sites is 1. The average Bonchev–Trinajstić information content (AvgIpc) is 3.23. The molecule has 2 aromatic rings. The van der Waals surface area contributed by atoms with Crippen LogP contribution in [0.4, 0.5) is 10.5 Å². The summed E-state index contributed by atoms with van der Waals surface area (Å²) in [4.78, 5) is 40.9. The van der Waals surface area contributed by atoms with E-state index in [1.807, 2.05) is 37.6 Å². The second-order valence-corrected chi connectivity index (χ2v) is 9.60. The molecule has 0 aliphatic carbocycles. The number of rotatable bonds is 5. The van der Waals surface area contributed by atoms with Crippen molar-refractivity contribution in [1.29, 1.82) is 0 Å². The monoisotopic (exact) mass is 474 g/mol. The number of benzene rings is 1. The quantitative estimate of drug-likeness (QED) is 0.695. The maximum Gasteiger partial charge on any atom is 0.410 e. The number of hydrogen-bond acceptors (Lipinski definition) is 4. The van der Waals surface area contributed by atoms with Crippen molar-refractivity contribution in [3.05, 3.63) is 53.3 Å². The van der Waals surface area contributed by atoms with E-state index in [1.165, 1.54) is 4.90 Å². The van der Waals surface area contributed by atoms with Crippen molar-refractivity contribution in [2.75, 3.05) is 32.0 Å². The Morgan fingerprint density at radius 2 is 1.79 bits per heavy atom. The summed E-state index contributed by atoms with van der Waals surface area (Å²) >= 11 is 6.09. The van der Waals surface area contributed by atoms with Gasteiger partial charge in [-0.1, -0.05) is 23.7 Å². The molecule has 3 amide bonds. The van der Waals surface area contributed by atoms with Gasteiger partial charge < -0.3 is 24.4 Å². The second-order valence-electron chi connectivity index (χ2n) is 9.19. The minimum absolute atomic E-state index is 0.0861. The summed E-state index contributed by atoms with van der Waals surface area (Å²) in [5.41, 5.74) is 0.486. The molecule has 0 atom stereocenters. The van der Waals surface area contributed by atoms with Crippen LogP contribution in [-0.2, 0) is 9.53 Å². The first-order chi connectivity index (χ1) is 15.5. The van der Waals surface area contributed by atoms with Crippen LogP contribution in [0.25, 0.3) is 0 Å². The van der Waals surface area contributed by atoms with Crippen molar-refractivity contribution >= 4 is 35.2 Å². The topological polar surface area (TPSA) is 83.9 Å². The zero-order valence-electron chi connectivity index (χ0n) is 19.5. The Kier molecular flexibility index (Phi) is 7.68. The highest BCUT2D eigenvalue weighted by Crippen LogP contribution is 2.26. The zero-order valence-corrected chi connectivity index (χ0v) is 20.3. The fourth-order valence-corrected chi connectivity index (χ4v) is 3.96. The molecule has 33 heavy (non-hydrogen) atoms. The number of halogens is 1. The molecule has 178 valence electrons. The summed E-state index contributed by atoms with van der Waals surface area (Å²) in [6.07, 6.45) is 2.99. The van der Waals surface area contributed by atoms with Crippen LogP contribution in [0.15, 0.2) is 42.6 Å². The fraction of sp³-hybridized carbons (Fsp3) is 0.458. The molecule has 1 N–H and O–H groups in total. The van der Waals surface area contributed by atoms with Crippen LogP contribution in [0.1, 0.15) is 50.1 Å². The number of carbonyl (C=O) groups is 3. The third kappa shape index (κ3) is 6.51. The summed E-state index contributed by atoms with van der Waals surface area (Å²) in [5.74, 6) is -0.577. The normalized spacial score (nSPS) is 14.6. The number of piperidine rings is 1. The number of likely N-dealkylation sites (N-methyl/N-ethyl adjacent to an activating group) is 1. The van der Waals surface area contributed by atoms with Gasteiger partial charge in [-0.2, -0.15) is 0 Å². The first kappa shape index (κ1) is 24.6. The average molecular weight is 475 g/mol. The molecule has 1 aromatic heterocycles. The van der Waals surface area contributed by atoms with E-state index in [2.05, 4.69) is 5.32 Å². The Morgan fingerprint density at radius 1 is 1.12 bits per heavy atom. The molecular formula is C24H31ClN4O4. The van der Waals surface area contributed by atoms with Gasteiger partial charge in [0.1, 0.15) is 11.3 Å². The number of ether oxygens (including phenoxy) is 1. The summed E-state index contributed by atoms with van der Waals surface area (Å²) in [6.45, 7) is 6.55. The SMILES string of the molecule is CN(CC(=O)Nc1ccccc1Cl)C(=O)c1cccn1C1CCN(C(=O)OC(C)(C)C)CC1. The number of hydrogen-bond donors (Lipinski definition) is 1. The Morgan fingerprint density at radius 3 is 2.42 bits per heavy atom. The molecule has 1 aliphatic rings. The van der Waals surface area contributed by atoms with E-state index in [1.54, 1.807) is 42.3 Å². The third-order valence-corrected chi connectivity index (χ3v) is 5.71. The lowest BCUT2D eigenvalue weighted by Crippen LogP contribution is -2.42. The maximum atomic E-state index is 13.1. The molecule has 9 heteroatoms. The van der Waals surface area contributed by atoms with Gasteiger partial charge in [0.15, 0.2) is 0 Å². The minimum Gasteiger partial charge on any atom is -0.444 e. The van der Waals surface area contributed by atoms with Gasteiger partial charge in [-0.15, -0.1) is 0 Å². The minimum atomic E-state index is -0.531. The number of nitrogens with zero attached hydrogens (tertiary/aromatic N) is 3. The summed E-state index contributed by atoms with van der Waals surface area (Å²) in [6, 6.07) is 10.6. The van der Waals surface area contributed by atoms with E-state index in [-0.39, 0.29) is 30.5 Å². The van der Waals surface area contributed by atoms with Crippen LogP contribution in [0.3, 0.4) is 0 Å². The van der Waals surface area contributed by atoms with Gasteiger partial charge in [-0.3, -0.25) is 9.59 Å². The zero-order chi connectivity index (χ0) is 24.2. The highest BCUT2D eigenvalue weighted by molar-refractivity contribution is 6.33. The summed E-state index contributed by atoms with van der Waals surface area (Å²) in [5, 5.41) is 3.17. The molecule has 1 aliphatic heterocycles. The van der Waals surface area contributed by atoms with Crippen LogP contribution in [0.2, 0.25) is 5.02 Å². The fourth-order valence-electron chi connectivity index (χ4n) is 3.78. The van der Waals surface area contributed by atoms with Gasteiger partial charge >= 0.3 is 6.09 Å². The molecule has 0 saturated carbocycles. The van der Waals surface area contributed by atoms with E-state index in [0.29, 0.717) is 42.3 Å². The predicted molar refractivity (Wildman–Crippen MR) is 128 cm³/mol. The number of likely N-dealkylation sites (tertiary alicyclic amines) is 1. The number of carbonyl (C=O) groups excluding carboxylic acids is 3. The molecule has 0 bridgehead atoms. The van der Waals surface area contributed by atoms with E-state index in [4.69, 9.17) is 16.3 Å².